The summed E-state index contributed by atoms with van der Waals surface area (Å²) in [5, 5.41) is 10.7. The van der Waals surface area contributed by atoms with E-state index in [-0.39, 0.29) is 5.60 Å². The van der Waals surface area contributed by atoms with Gasteiger partial charge in [-0.15, -0.1) is 0 Å². The summed E-state index contributed by atoms with van der Waals surface area (Å²) in [6, 6.07) is 4.02. The molecule has 1 N–H and O–H groups in total. The van der Waals surface area contributed by atoms with Gasteiger partial charge in [0.05, 0.1) is 12.1 Å². The lowest BCUT2D eigenvalue weighted by molar-refractivity contribution is -0.0976. The summed E-state index contributed by atoms with van der Waals surface area (Å²) in [5.74, 6) is 2.32. The molecule has 2 atom stereocenters. The fraction of sp³-hybridized carbons (Fsp3) is 0.750. The Labute approximate surface area is 120 Å². The van der Waals surface area contributed by atoms with Crippen LogP contribution in [-0.2, 0) is 17.9 Å². The Hall–Kier alpha value is -0.840. The van der Waals surface area contributed by atoms with Crippen LogP contribution in [-0.4, -0.2) is 35.8 Å². The quantitative estimate of drug-likeness (QED) is 0.920. The molecular weight excluding hydrogens is 254 g/mol. The van der Waals surface area contributed by atoms with E-state index in [2.05, 4.69) is 4.90 Å². The van der Waals surface area contributed by atoms with Gasteiger partial charge in [-0.25, -0.2) is 0 Å². The third kappa shape index (κ3) is 2.92. The second kappa shape index (κ2) is 5.88. The summed E-state index contributed by atoms with van der Waals surface area (Å²) >= 11 is 0. The van der Waals surface area contributed by atoms with Crippen molar-refractivity contribution in [2.75, 3.05) is 20.2 Å². The fourth-order valence-corrected chi connectivity index (χ4v) is 3.73. The van der Waals surface area contributed by atoms with Crippen LogP contribution in [0.4, 0.5) is 0 Å². The third-order valence-electron chi connectivity index (χ3n) is 4.90. The minimum absolute atomic E-state index is 0.390. The number of rotatable bonds is 4. The normalized spacial score (nSPS) is 31.2. The van der Waals surface area contributed by atoms with Crippen LogP contribution >= 0.6 is 0 Å². The van der Waals surface area contributed by atoms with E-state index in [1.165, 1.54) is 19.3 Å². The van der Waals surface area contributed by atoms with Crippen LogP contribution < -0.4 is 0 Å². The van der Waals surface area contributed by atoms with Crippen molar-refractivity contribution in [3.05, 3.63) is 23.7 Å². The van der Waals surface area contributed by atoms with Gasteiger partial charge in [-0.2, -0.15) is 0 Å². The molecule has 1 aromatic heterocycles. The topological polar surface area (TPSA) is 45.8 Å². The van der Waals surface area contributed by atoms with Crippen molar-refractivity contribution >= 4 is 0 Å². The summed E-state index contributed by atoms with van der Waals surface area (Å²) in [6.07, 6.45) is 5.51. The molecule has 20 heavy (non-hydrogen) atoms. The zero-order chi connectivity index (χ0) is 14.0. The van der Waals surface area contributed by atoms with Gasteiger partial charge in [0.2, 0.25) is 0 Å². The van der Waals surface area contributed by atoms with E-state index in [0.717, 1.165) is 44.0 Å². The van der Waals surface area contributed by atoms with Gasteiger partial charge < -0.3 is 14.3 Å². The van der Waals surface area contributed by atoms with Gasteiger partial charge in [0.25, 0.3) is 0 Å². The van der Waals surface area contributed by atoms with Crippen molar-refractivity contribution in [2.24, 2.45) is 5.92 Å². The molecule has 1 saturated carbocycles. The van der Waals surface area contributed by atoms with Crippen molar-refractivity contribution in [2.45, 2.75) is 50.9 Å². The standard InChI is InChI=1S/C16H25NO3/c1-19-12-15-6-5-14(20-15)11-17-9-8-16(18)7-3-2-4-13(16)10-17/h5-6,13,18H,2-4,7-12H2,1H3. The van der Waals surface area contributed by atoms with Gasteiger partial charge in [-0.3, -0.25) is 4.90 Å². The molecule has 0 spiro atoms. The summed E-state index contributed by atoms with van der Waals surface area (Å²) in [5.41, 5.74) is -0.390. The average Bonchev–Trinajstić information content (AvgIpc) is 2.87. The van der Waals surface area contributed by atoms with Gasteiger partial charge in [0, 0.05) is 26.1 Å². The smallest absolute Gasteiger partial charge is 0.129 e. The molecule has 4 nitrogen and oxygen atoms in total. The average molecular weight is 279 g/mol. The fourth-order valence-electron chi connectivity index (χ4n) is 3.73. The van der Waals surface area contributed by atoms with Crippen LogP contribution in [0.3, 0.4) is 0 Å². The predicted octanol–water partition coefficient (Wildman–Crippen LogP) is 2.55. The lowest BCUT2D eigenvalue weighted by Crippen LogP contribution is -2.52. The van der Waals surface area contributed by atoms with Crippen molar-refractivity contribution in [3.63, 3.8) is 0 Å². The largest absolute Gasteiger partial charge is 0.462 e. The third-order valence-corrected chi connectivity index (χ3v) is 4.90. The maximum Gasteiger partial charge on any atom is 0.129 e. The number of methoxy groups -OCH3 is 1. The molecule has 1 aromatic rings. The van der Waals surface area contributed by atoms with Crippen LogP contribution in [0.1, 0.15) is 43.6 Å². The van der Waals surface area contributed by atoms with E-state index in [1.54, 1.807) is 7.11 Å². The Morgan fingerprint density at radius 2 is 2.20 bits per heavy atom. The summed E-state index contributed by atoms with van der Waals surface area (Å²) < 4.78 is 10.8. The number of fused-ring (bicyclic) bond motifs is 1. The zero-order valence-electron chi connectivity index (χ0n) is 12.3. The molecule has 3 rings (SSSR count). The molecular formula is C16H25NO3. The second-order valence-electron chi connectivity index (χ2n) is 6.33. The van der Waals surface area contributed by atoms with Crippen LogP contribution in [0, 0.1) is 5.92 Å². The Morgan fingerprint density at radius 1 is 1.35 bits per heavy atom. The number of likely N-dealkylation sites (tertiary alicyclic amines) is 1. The lowest BCUT2D eigenvalue weighted by atomic mass is 9.71. The first-order valence-electron chi connectivity index (χ1n) is 7.71. The number of aliphatic hydroxyl groups is 1. The molecule has 1 aliphatic heterocycles. The number of furan rings is 1. The minimum atomic E-state index is -0.390. The Bertz CT molecular complexity index is 445. The van der Waals surface area contributed by atoms with Crippen LogP contribution in [0.25, 0.3) is 0 Å². The molecule has 0 bridgehead atoms. The van der Waals surface area contributed by atoms with Gasteiger partial charge in [0.15, 0.2) is 0 Å². The summed E-state index contributed by atoms with van der Waals surface area (Å²) in [6.45, 7) is 3.34. The van der Waals surface area contributed by atoms with Crippen molar-refractivity contribution in [1.82, 2.24) is 4.90 Å². The second-order valence-corrected chi connectivity index (χ2v) is 6.33. The van der Waals surface area contributed by atoms with E-state index >= 15 is 0 Å². The number of piperidine rings is 1. The van der Waals surface area contributed by atoms with E-state index < -0.39 is 0 Å². The molecule has 2 unspecified atom stereocenters. The van der Waals surface area contributed by atoms with Gasteiger partial charge in [-0.05, 0) is 31.4 Å². The molecule has 0 aromatic carbocycles. The van der Waals surface area contributed by atoms with E-state index in [1.807, 2.05) is 12.1 Å². The van der Waals surface area contributed by atoms with E-state index in [0.29, 0.717) is 12.5 Å². The monoisotopic (exact) mass is 279 g/mol. The number of nitrogens with zero attached hydrogens (tertiary/aromatic N) is 1. The number of hydrogen-bond acceptors (Lipinski definition) is 4. The van der Waals surface area contributed by atoms with Crippen molar-refractivity contribution < 1.29 is 14.3 Å². The first-order valence-corrected chi connectivity index (χ1v) is 7.71. The maximum atomic E-state index is 10.7. The molecule has 0 amide bonds. The lowest BCUT2D eigenvalue weighted by Gasteiger charge is -2.47. The predicted molar refractivity (Wildman–Crippen MR) is 76.2 cm³/mol. The number of hydrogen-bond donors (Lipinski definition) is 1. The van der Waals surface area contributed by atoms with Crippen LogP contribution in [0.15, 0.2) is 16.5 Å². The highest BCUT2D eigenvalue weighted by atomic mass is 16.5. The molecule has 2 fully saturated rings. The molecule has 0 radical (unpaired) electrons. The minimum Gasteiger partial charge on any atom is -0.462 e. The van der Waals surface area contributed by atoms with Crippen molar-refractivity contribution in [1.29, 1.82) is 0 Å². The van der Waals surface area contributed by atoms with E-state index in [9.17, 15) is 5.11 Å². The molecule has 2 aliphatic rings. The number of ether oxygens (including phenoxy) is 1. The first-order chi connectivity index (χ1) is 9.69. The van der Waals surface area contributed by atoms with Gasteiger partial charge in [-0.1, -0.05) is 12.8 Å². The zero-order valence-corrected chi connectivity index (χ0v) is 12.3. The molecule has 4 heteroatoms. The highest BCUT2D eigenvalue weighted by Gasteiger charge is 2.42. The highest BCUT2D eigenvalue weighted by Crippen LogP contribution is 2.40. The van der Waals surface area contributed by atoms with Crippen molar-refractivity contribution in [3.8, 4) is 0 Å². The molecule has 1 aliphatic carbocycles. The summed E-state index contributed by atoms with van der Waals surface area (Å²) in [7, 11) is 1.68. The Kier molecular flexibility index (Phi) is 4.15. The van der Waals surface area contributed by atoms with Crippen LogP contribution in [0.5, 0.6) is 0 Å². The summed E-state index contributed by atoms with van der Waals surface area (Å²) in [4.78, 5) is 2.42. The Balaban J connectivity index is 1.58. The highest BCUT2D eigenvalue weighted by molar-refractivity contribution is 5.07. The SMILES string of the molecule is COCc1ccc(CN2CCC3(O)CCCCC3C2)o1. The first kappa shape index (κ1) is 14.1. The molecule has 2 heterocycles. The van der Waals surface area contributed by atoms with Gasteiger partial charge in [0.1, 0.15) is 18.1 Å². The Morgan fingerprint density at radius 3 is 3.05 bits per heavy atom. The van der Waals surface area contributed by atoms with Gasteiger partial charge >= 0.3 is 0 Å². The van der Waals surface area contributed by atoms with Crippen LogP contribution in [0.2, 0.25) is 0 Å². The molecule has 112 valence electrons. The van der Waals surface area contributed by atoms with E-state index in [4.69, 9.17) is 9.15 Å². The maximum absolute atomic E-state index is 10.7. The molecule has 1 saturated heterocycles.